The van der Waals surface area contributed by atoms with Crippen molar-refractivity contribution in [2.45, 2.75) is 77.6 Å². The molecule has 0 bridgehead atoms. The largest absolute Gasteiger partial charge is 0.205 e. The second-order valence-corrected chi connectivity index (χ2v) is 9.47. The molecule has 5 unspecified atom stereocenters. The summed E-state index contributed by atoms with van der Waals surface area (Å²) in [6.45, 7) is 2.33. The Morgan fingerprint density at radius 2 is 1.68 bits per heavy atom. The molecule has 0 amide bonds. The van der Waals surface area contributed by atoms with E-state index in [1.54, 1.807) is 6.07 Å². The summed E-state index contributed by atoms with van der Waals surface area (Å²) >= 11 is 5.97. The third-order valence-electron chi connectivity index (χ3n) is 7.67. The van der Waals surface area contributed by atoms with Gasteiger partial charge in [-0.15, -0.1) is 0 Å². The van der Waals surface area contributed by atoms with E-state index < -0.39 is 0 Å². The molecule has 1 aromatic rings. The molecule has 0 aliphatic heterocycles. The summed E-state index contributed by atoms with van der Waals surface area (Å²) in [5, 5.41) is 0.293. The number of halogens is 2. The zero-order valence-corrected chi connectivity index (χ0v) is 16.3. The average Bonchev–Trinajstić information content (AvgIpc) is 2.64. The Bertz CT molecular complexity index is 610. The number of hydrogen-bond donors (Lipinski definition) is 0. The third-order valence-corrected chi connectivity index (χ3v) is 7.96. The van der Waals surface area contributed by atoms with Gasteiger partial charge in [0.25, 0.3) is 0 Å². The average molecular weight is 363 g/mol. The Labute approximate surface area is 157 Å². The summed E-state index contributed by atoms with van der Waals surface area (Å²) in [7, 11) is 0. The van der Waals surface area contributed by atoms with Gasteiger partial charge in [0.1, 0.15) is 5.82 Å². The maximum Gasteiger partial charge on any atom is 0.145 e. The molecule has 0 N–H and O–H groups in total. The molecule has 0 saturated heterocycles. The molecule has 4 rings (SSSR count). The lowest BCUT2D eigenvalue weighted by atomic mass is 9.61. The van der Waals surface area contributed by atoms with E-state index in [4.69, 9.17) is 11.6 Å². The van der Waals surface area contributed by atoms with Gasteiger partial charge in [-0.25, -0.2) is 4.39 Å². The monoisotopic (exact) mass is 362 g/mol. The molecule has 0 heterocycles. The van der Waals surface area contributed by atoms with Crippen LogP contribution in [0, 0.1) is 35.4 Å². The molecule has 2 fully saturated rings. The fourth-order valence-electron chi connectivity index (χ4n) is 6.33. The first kappa shape index (κ1) is 17.8. The molecule has 0 spiro atoms. The minimum Gasteiger partial charge on any atom is -0.205 e. The predicted octanol–water partition coefficient (Wildman–Crippen LogP) is 7.22. The second-order valence-electron chi connectivity index (χ2n) is 9.06. The van der Waals surface area contributed by atoms with Crippen LogP contribution in [0.15, 0.2) is 12.1 Å². The zero-order valence-electron chi connectivity index (χ0n) is 15.6. The van der Waals surface area contributed by atoms with E-state index in [0.717, 1.165) is 54.4 Å². The number of fused-ring (bicyclic) bond motifs is 2. The number of rotatable bonds is 3. The first-order valence-electron chi connectivity index (χ1n) is 10.6. The van der Waals surface area contributed by atoms with Gasteiger partial charge < -0.3 is 0 Å². The molecule has 3 aliphatic carbocycles. The topological polar surface area (TPSA) is 0 Å². The summed E-state index contributed by atoms with van der Waals surface area (Å²) in [6.07, 6.45) is 14.7. The highest BCUT2D eigenvalue weighted by molar-refractivity contribution is 6.30. The van der Waals surface area contributed by atoms with Gasteiger partial charge >= 0.3 is 0 Å². The molecular weight excluding hydrogens is 331 g/mol. The van der Waals surface area contributed by atoms with Crippen molar-refractivity contribution in [2.75, 3.05) is 0 Å². The van der Waals surface area contributed by atoms with Crippen LogP contribution in [-0.2, 0) is 12.8 Å². The molecule has 3 aliphatic rings. The smallest absolute Gasteiger partial charge is 0.145 e. The van der Waals surface area contributed by atoms with Crippen LogP contribution < -0.4 is 0 Å². The van der Waals surface area contributed by atoms with Gasteiger partial charge in [0, 0.05) is 0 Å². The van der Waals surface area contributed by atoms with Gasteiger partial charge in [0.15, 0.2) is 0 Å². The lowest BCUT2D eigenvalue weighted by molar-refractivity contribution is 0.0693. The highest BCUT2D eigenvalue weighted by Gasteiger charge is 2.38. The maximum absolute atomic E-state index is 14.2. The standard InChI is InChI=1S/C23H32ClF/c1-2-3-15-4-5-17-13-18(7-6-16(17)12-15)19-8-10-21-20(14-19)9-11-22(24)23(21)25/h9,11,15-19H,2-8,10,12-14H2,1H3. The molecule has 2 saturated carbocycles. The van der Waals surface area contributed by atoms with Crippen molar-refractivity contribution >= 4 is 11.6 Å². The van der Waals surface area contributed by atoms with Crippen LogP contribution in [-0.4, -0.2) is 0 Å². The molecule has 0 radical (unpaired) electrons. The van der Waals surface area contributed by atoms with Gasteiger partial charge in [0.05, 0.1) is 5.02 Å². The van der Waals surface area contributed by atoms with Crippen molar-refractivity contribution < 1.29 is 4.39 Å². The molecule has 5 atom stereocenters. The van der Waals surface area contributed by atoms with Crippen LogP contribution >= 0.6 is 11.6 Å². The van der Waals surface area contributed by atoms with Crippen LogP contribution in [0.1, 0.15) is 75.8 Å². The van der Waals surface area contributed by atoms with E-state index >= 15 is 0 Å². The second kappa shape index (κ2) is 7.59. The first-order chi connectivity index (χ1) is 12.2. The summed E-state index contributed by atoms with van der Waals surface area (Å²) in [4.78, 5) is 0. The lowest BCUT2D eigenvalue weighted by Gasteiger charge is -2.45. The summed E-state index contributed by atoms with van der Waals surface area (Å²) in [5.41, 5.74) is 2.13. The van der Waals surface area contributed by atoms with Crippen molar-refractivity contribution in [3.8, 4) is 0 Å². The molecule has 0 aromatic heterocycles. The fourth-order valence-corrected chi connectivity index (χ4v) is 6.51. The van der Waals surface area contributed by atoms with Crippen molar-refractivity contribution in [2.24, 2.45) is 29.6 Å². The zero-order chi connectivity index (χ0) is 17.4. The highest BCUT2D eigenvalue weighted by atomic mass is 35.5. The van der Waals surface area contributed by atoms with Gasteiger partial charge in [-0.3, -0.25) is 0 Å². The van der Waals surface area contributed by atoms with Gasteiger partial charge in [0.2, 0.25) is 0 Å². The van der Waals surface area contributed by atoms with Crippen molar-refractivity contribution in [1.82, 2.24) is 0 Å². The summed E-state index contributed by atoms with van der Waals surface area (Å²) < 4.78 is 14.2. The normalized spacial score (nSPS) is 35.1. The maximum atomic E-state index is 14.2. The van der Waals surface area contributed by atoms with Crippen molar-refractivity contribution in [3.63, 3.8) is 0 Å². The van der Waals surface area contributed by atoms with Crippen LogP contribution in [0.25, 0.3) is 0 Å². The Kier molecular flexibility index (Phi) is 5.41. The van der Waals surface area contributed by atoms with E-state index in [1.807, 2.05) is 0 Å². The molecule has 2 heteroatoms. The minimum atomic E-state index is -0.157. The Hall–Kier alpha value is -0.560. The van der Waals surface area contributed by atoms with E-state index in [1.165, 1.54) is 56.9 Å². The number of hydrogen-bond acceptors (Lipinski definition) is 0. The SMILES string of the molecule is CCCC1CCC2CC(C3CCc4c(ccc(Cl)c4F)C3)CCC2C1. The van der Waals surface area contributed by atoms with E-state index in [2.05, 4.69) is 13.0 Å². The lowest BCUT2D eigenvalue weighted by Crippen LogP contribution is -2.35. The number of benzene rings is 1. The Balaban J connectivity index is 1.39. The van der Waals surface area contributed by atoms with Crippen LogP contribution in [0.2, 0.25) is 5.02 Å². The first-order valence-corrected chi connectivity index (χ1v) is 11.0. The molecule has 0 nitrogen and oxygen atoms in total. The molecular formula is C23H32ClF. The Morgan fingerprint density at radius 3 is 2.48 bits per heavy atom. The van der Waals surface area contributed by atoms with E-state index in [-0.39, 0.29) is 5.82 Å². The predicted molar refractivity (Wildman–Crippen MR) is 103 cm³/mol. The Morgan fingerprint density at radius 1 is 0.960 bits per heavy atom. The van der Waals surface area contributed by atoms with E-state index in [0.29, 0.717) is 5.02 Å². The van der Waals surface area contributed by atoms with E-state index in [9.17, 15) is 4.39 Å². The van der Waals surface area contributed by atoms with Crippen LogP contribution in [0.3, 0.4) is 0 Å². The van der Waals surface area contributed by atoms with Crippen LogP contribution in [0.5, 0.6) is 0 Å². The quantitative estimate of drug-likeness (QED) is 0.532. The summed E-state index contributed by atoms with van der Waals surface area (Å²) in [6, 6.07) is 3.83. The fraction of sp³-hybridized carbons (Fsp3) is 0.739. The van der Waals surface area contributed by atoms with Gasteiger partial charge in [-0.2, -0.15) is 0 Å². The summed E-state index contributed by atoms with van der Waals surface area (Å²) in [5.74, 6) is 4.48. The highest BCUT2D eigenvalue weighted by Crippen LogP contribution is 2.49. The molecule has 1 aromatic carbocycles. The van der Waals surface area contributed by atoms with Crippen molar-refractivity contribution in [1.29, 1.82) is 0 Å². The van der Waals surface area contributed by atoms with Crippen LogP contribution in [0.4, 0.5) is 4.39 Å². The third kappa shape index (κ3) is 3.64. The van der Waals surface area contributed by atoms with Gasteiger partial charge in [-0.05, 0) is 98.1 Å². The molecule has 138 valence electrons. The minimum absolute atomic E-state index is 0.157. The molecule has 25 heavy (non-hydrogen) atoms. The van der Waals surface area contributed by atoms with Gasteiger partial charge in [-0.1, -0.05) is 43.9 Å². The van der Waals surface area contributed by atoms with Crippen molar-refractivity contribution in [3.05, 3.63) is 34.1 Å².